The Hall–Kier alpha value is -2.70. The predicted molar refractivity (Wildman–Crippen MR) is 92.4 cm³/mol. The Kier molecular flexibility index (Phi) is 6.13. The van der Waals surface area contributed by atoms with Gasteiger partial charge in [-0.25, -0.2) is 0 Å². The molecule has 1 N–H and O–H groups in total. The second-order valence-electron chi connectivity index (χ2n) is 5.82. The van der Waals surface area contributed by atoms with Gasteiger partial charge in [-0.15, -0.1) is 13.2 Å². The number of benzene rings is 2. The summed E-state index contributed by atoms with van der Waals surface area (Å²) in [6.45, 7) is 5.74. The molecule has 0 unspecified atom stereocenters. The first-order chi connectivity index (χ1) is 12.2. The molecule has 0 heterocycles. The van der Waals surface area contributed by atoms with Crippen molar-refractivity contribution in [1.29, 1.82) is 0 Å². The van der Waals surface area contributed by atoms with Gasteiger partial charge in [-0.05, 0) is 67.8 Å². The molecular formula is C19H20F3NO3. The van der Waals surface area contributed by atoms with E-state index in [1.165, 1.54) is 12.1 Å². The summed E-state index contributed by atoms with van der Waals surface area (Å²) in [6, 6.07) is 10.5. The average Bonchev–Trinajstić information content (AvgIpc) is 2.56. The molecule has 1 amide bonds. The fourth-order valence-electron chi connectivity index (χ4n) is 2.24. The lowest BCUT2D eigenvalue weighted by molar-refractivity contribution is -0.274. The molecule has 0 radical (unpaired) electrons. The quantitative estimate of drug-likeness (QED) is 0.782. The highest BCUT2D eigenvalue weighted by Gasteiger charge is 2.31. The van der Waals surface area contributed by atoms with Crippen LogP contribution in [0.25, 0.3) is 0 Å². The van der Waals surface area contributed by atoms with Crippen LogP contribution in [0, 0.1) is 13.8 Å². The zero-order chi connectivity index (χ0) is 19.3. The van der Waals surface area contributed by atoms with Gasteiger partial charge in [0.15, 0.2) is 6.10 Å². The molecule has 2 aromatic rings. The zero-order valence-corrected chi connectivity index (χ0v) is 14.7. The van der Waals surface area contributed by atoms with Gasteiger partial charge in [0, 0.05) is 5.69 Å². The maximum atomic E-state index is 12.4. The van der Waals surface area contributed by atoms with Gasteiger partial charge in [-0.1, -0.05) is 13.0 Å². The van der Waals surface area contributed by atoms with E-state index in [9.17, 15) is 18.0 Å². The van der Waals surface area contributed by atoms with Crippen LogP contribution in [0.3, 0.4) is 0 Å². The zero-order valence-electron chi connectivity index (χ0n) is 14.7. The van der Waals surface area contributed by atoms with Crippen LogP contribution >= 0.6 is 0 Å². The number of carbonyl (C=O) groups is 1. The van der Waals surface area contributed by atoms with Gasteiger partial charge >= 0.3 is 6.36 Å². The van der Waals surface area contributed by atoms with Gasteiger partial charge in [0.05, 0.1) is 0 Å². The molecule has 0 aliphatic carbocycles. The first kappa shape index (κ1) is 19.6. The minimum absolute atomic E-state index is 0.353. The largest absolute Gasteiger partial charge is 0.573 e. The van der Waals surface area contributed by atoms with Crippen LogP contribution in [0.2, 0.25) is 0 Å². The summed E-state index contributed by atoms with van der Waals surface area (Å²) in [7, 11) is 0. The van der Waals surface area contributed by atoms with Gasteiger partial charge in [0.1, 0.15) is 11.5 Å². The standard InChI is InChI=1S/C19H20F3NO3/c1-4-17(25-16-8-5-12(2)13(3)11-16)18(24)23-14-6-9-15(10-7-14)26-19(20,21)22/h5-11,17H,4H2,1-3H3,(H,23,24)/t17-/m1/s1. The summed E-state index contributed by atoms with van der Waals surface area (Å²) < 4.78 is 46.0. The van der Waals surface area contributed by atoms with Crippen molar-refractivity contribution in [2.45, 2.75) is 39.7 Å². The Bertz CT molecular complexity index is 758. The second kappa shape index (κ2) is 8.12. The molecule has 0 aliphatic heterocycles. The average molecular weight is 367 g/mol. The molecule has 2 aromatic carbocycles. The van der Waals surface area contributed by atoms with Crippen LogP contribution in [0.4, 0.5) is 18.9 Å². The fraction of sp³-hybridized carbons (Fsp3) is 0.316. The first-order valence-electron chi connectivity index (χ1n) is 8.08. The molecule has 2 rings (SSSR count). The Morgan fingerprint density at radius 2 is 1.65 bits per heavy atom. The van der Waals surface area contributed by atoms with E-state index < -0.39 is 12.5 Å². The summed E-state index contributed by atoms with van der Waals surface area (Å²) >= 11 is 0. The van der Waals surface area contributed by atoms with Gasteiger partial charge in [-0.2, -0.15) is 0 Å². The lowest BCUT2D eigenvalue weighted by Crippen LogP contribution is -2.32. The third-order valence-corrected chi connectivity index (χ3v) is 3.78. The van der Waals surface area contributed by atoms with Gasteiger partial charge in [0.2, 0.25) is 0 Å². The lowest BCUT2D eigenvalue weighted by atomic mass is 10.1. The number of amides is 1. The lowest BCUT2D eigenvalue weighted by Gasteiger charge is -2.18. The van der Waals surface area contributed by atoms with Gasteiger partial charge in [0.25, 0.3) is 5.91 Å². The molecule has 26 heavy (non-hydrogen) atoms. The summed E-state index contributed by atoms with van der Waals surface area (Å²) in [6.07, 6.45) is -5.03. The molecule has 1 atom stereocenters. The number of carbonyl (C=O) groups excluding carboxylic acids is 1. The van der Waals surface area contributed by atoms with Crippen LogP contribution < -0.4 is 14.8 Å². The molecule has 0 aliphatic rings. The van der Waals surface area contributed by atoms with Crippen molar-refractivity contribution in [3.8, 4) is 11.5 Å². The van der Waals surface area contributed by atoms with E-state index in [2.05, 4.69) is 10.1 Å². The van der Waals surface area contributed by atoms with Gasteiger partial charge < -0.3 is 14.8 Å². The summed E-state index contributed by atoms with van der Waals surface area (Å²) in [5.74, 6) is -0.145. The highest BCUT2D eigenvalue weighted by molar-refractivity contribution is 5.94. The predicted octanol–water partition coefficient (Wildman–Crippen LogP) is 5.00. The van der Waals surface area contributed by atoms with E-state index in [1.807, 2.05) is 32.9 Å². The van der Waals surface area contributed by atoms with E-state index in [4.69, 9.17) is 4.74 Å². The van der Waals surface area contributed by atoms with E-state index in [1.54, 1.807) is 6.07 Å². The monoisotopic (exact) mass is 367 g/mol. The molecule has 0 saturated carbocycles. The van der Waals surface area contributed by atoms with Crippen LogP contribution in [-0.4, -0.2) is 18.4 Å². The molecule has 0 spiro atoms. The maximum Gasteiger partial charge on any atom is 0.573 e. The first-order valence-corrected chi connectivity index (χ1v) is 8.08. The minimum Gasteiger partial charge on any atom is -0.481 e. The maximum absolute atomic E-state index is 12.4. The van der Waals surface area contributed by atoms with Crippen LogP contribution in [-0.2, 0) is 4.79 Å². The molecule has 0 bridgehead atoms. The van der Waals surface area contributed by atoms with Crippen LogP contribution in [0.5, 0.6) is 11.5 Å². The SMILES string of the molecule is CC[C@@H](Oc1ccc(C)c(C)c1)C(=O)Nc1ccc(OC(F)(F)F)cc1. The fourth-order valence-corrected chi connectivity index (χ4v) is 2.24. The normalized spacial score (nSPS) is 12.4. The number of hydrogen-bond donors (Lipinski definition) is 1. The number of alkyl halides is 3. The van der Waals surface area contributed by atoms with E-state index in [0.717, 1.165) is 23.3 Å². The molecule has 140 valence electrons. The van der Waals surface area contributed by atoms with E-state index in [-0.39, 0.29) is 11.7 Å². The molecule has 0 fully saturated rings. The Morgan fingerprint density at radius 1 is 1.04 bits per heavy atom. The smallest absolute Gasteiger partial charge is 0.481 e. The van der Waals surface area contributed by atoms with E-state index >= 15 is 0 Å². The number of anilines is 1. The van der Waals surface area contributed by atoms with Gasteiger partial charge in [-0.3, -0.25) is 4.79 Å². The van der Waals surface area contributed by atoms with Crippen molar-refractivity contribution < 1.29 is 27.4 Å². The van der Waals surface area contributed by atoms with Crippen molar-refractivity contribution in [1.82, 2.24) is 0 Å². The molecule has 0 aromatic heterocycles. The van der Waals surface area contributed by atoms with Crippen LogP contribution in [0.1, 0.15) is 24.5 Å². The minimum atomic E-state index is -4.75. The highest BCUT2D eigenvalue weighted by atomic mass is 19.4. The van der Waals surface area contributed by atoms with E-state index in [0.29, 0.717) is 17.9 Å². The molecule has 0 saturated heterocycles. The third kappa shape index (κ3) is 5.68. The van der Waals surface area contributed by atoms with Crippen molar-refractivity contribution in [2.24, 2.45) is 0 Å². The second-order valence-corrected chi connectivity index (χ2v) is 5.82. The number of hydrogen-bond acceptors (Lipinski definition) is 3. The number of rotatable bonds is 6. The number of ether oxygens (including phenoxy) is 2. The summed E-state index contributed by atoms with van der Waals surface area (Å²) in [5, 5.41) is 2.63. The summed E-state index contributed by atoms with van der Waals surface area (Å²) in [5.41, 5.74) is 2.53. The molecular weight excluding hydrogens is 347 g/mol. The molecule has 4 nitrogen and oxygen atoms in total. The Morgan fingerprint density at radius 3 is 2.19 bits per heavy atom. The number of halogens is 3. The van der Waals surface area contributed by atoms with Crippen LogP contribution in [0.15, 0.2) is 42.5 Å². The van der Waals surface area contributed by atoms with Crippen molar-refractivity contribution in [2.75, 3.05) is 5.32 Å². The van der Waals surface area contributed by atoms with Crippen molar-refractivity contribution >= 4 is 11.6 Å². The van der Waals surface area contributed by atoms with Crippen molar-refractivity contribution in [3.63, 3.8) is 0 Å². The highest BCUT2D eigenvalue weighted by Crippen LogP contribution is 2.24. The topological polar surface area (TPSA) is 47.6 Å². The van der Waals surface area contributed by atoms with Crippen molar-refractivity contribution in [3.05, 3.63) is 53.6 Å². The third-order valence-electron chi connectivity index (χ3n) is 3.78. The summed E-state index contributed by atoms with van der Waals surface area (Å²) in [4.78, 5) is 12.4. The number of aryl methyl sites for hydroxylation is 2. The molecule has 7 heteroatoms. The Balaban J connectivity index is 2.01. The number of nitrogens with one attached hydrogen (secondary N) is 1. The Labute approximate surface area is 149 Å².